The Kier molecular flexibility index (Phi) is 3.05. The highest BCUT2D eigenvalue weighted by molar-refractivity contribution is 7.09. The fourth-order valence-electron chi connectivity index (χ4n) is 0.770. The molecule has 0 atom stereocenters. The van der Waals surface area contributed by atoms with Crippen LogP contribution in [0, 0.1) is 0 Å². The molecule has 1 aromatic heterocycles. The molecule has 12 heavy (non-hydrogen) atoms. The molecule has 0 saturated heterocycles. The zero-order valence-corrected chi connectivity index (χ0v) is 7.60. The minimum Gasteiger partial charge on any atom is -0.478 e. The Morgan fingerprint density at radius 1 is 1.75 bits per heavy atom. The van der Waals surface area contributed by atoms with Gasteiger partial charge in [-0.15, -0.1) is 11.3 Å². The summed E-state index contributed by atoms with van der Waals surface area (Å²) in [4.78, 5) is 11.6. The summed E-state index contributed by atoms with van der Waals surface area (Å²) in [5.41, 5.74) is 0.406. The molecule has 2 nitrogen and oxygen atoms in total. The topological polar surface area (TPSA) is 37.3 Å². The summed E-state index contributed by atoms with van der Waals surface area (Å²) >= 11 is 1.64. The molecule has 1 aromatic rings. The van der Waals surface area contributed by atoms with Gasteiger partial charge >= 0.3 is 5.97 Å². The Labute approximate surface area is 75.2 Å². The highest BCUT2D eigenvalue weighted by Gasteiger charge is 1.98. The van der Waals surface area contributed by atoms with Crippen LogP contribution >= 0.6 is 11.3 Å². The molecule has 0 amide bonds. The molecular formula is C9H10O2S. The highest BCUT2D eigenvalue weighted by Crippen LogP contribution is 2.10. The van der Waals surface area contributed by atoms with Crippen LogP contribution in [0.4, 0.5) is 0 Å². The summed E-state index contributed by atoms with van der Waals surface area (Å²) in [5.74, 6) is -0.841. The molecule has 0 spiro atoms. The number of hydrogen-bond donors (Lipinski definition) is 1. The fourth-order valence-corrected chi connectivity index (χ4v) is 1.44. The Balaban J connectivity index is 2.55. The largest absolute Gasteiger partial charge is 0.478 e. The van der Waals surface area contributed by atoms with Crippen molar-refractivity contribution in [3.63, 3.8) is 0 Å². The Morgan fingerprint density at radius 2 is 2.50 bits per heavy atom. The van der Waals surface area contributed by atoms with Gasteiger partial charge < -0.3 is 5.11 Å². The molecule has 0 aliphatic rings. The van der Waals surface area contributed by atoms with Crippen molar-refractivity contribution in [1.29, 1.82) is 0 Å². The third-order valence-corrected chi connectivity index (χ3v) is 2.43. The van der Waals surface area contributed by atoms with Gasteiger partial charge in [-0.25, -0.2) is 4.79 Å². The monoisotopic (exact) mass is 182 g/mol. The third-order valence-electron chi connectivity index (χ3n) is 1.53. The van der Waals surface area contributed by atoms with E-state index in [9.17, 15) is 4.79 Å². The zero-order chi connectivity index (χ0) is 8.97. The number of aliphatic carboxylic acids is 1. The van der Waals surface area contributed by atoms with Gasteiger partial charge in [-0.2, -0.15) is 0 Å². The lowest BCUT2D eigenvalue weighted by atomic mass is 10.2. The first-order valence-electron chi connectivity index (χ1n) is 3.62. The quantitative estimate of drug-likeness (QED) is 0.728. The van der Waals surface area contributed by atoms with Crippen LogP contribution in [0.25, 0.3) is 0 Å². The second-order valence-corrected chi connectivity index (χ2v) is 3.51. The van der Waals surface area contributed by atoms with Crippen molar-refractivity contribution >= 4 is 17.3 Å². The van der Waals surface area contributed by atoms with Crippen molar-refractivity contribution in [2.24, 2.45) is 0 Å². The van der Waals surface area contributed by atoms with Gasteiger partial charge in [0.2, 0.25) is 0 Å². The Hall–Kier alpha value is -1.09. The van der Waals surface area contributed by atoms with E-state index in [1.807, 2.05) is 17.5 Å². The molecule has 1 heterocycles. The van der Waals surface area contributed by atoms with Crippen molar-refractivity contribution in [2.75, 3.05) is 0 Å². The van der Waals surface area contributed by atoms with Gasteiger partial charge in [0.15, 0.2) is 0 Å². The van der Waals surface area contributed by atoms with E-state index >= 15 is 0 Å². The van der Waals surface area contributed by atoms with Crippen LogP contribution < -0.4 is 0 Å². The van der Waals surface area contributed by atoms with Crippen molar-refractivity contribution in [3.8, 4) is 0 Å². The van der Waals surface area contributed by atoms with E-state index in [4.69, 9.17) is 5.11 Å². The van der Waals surface area contributed by atoms with Gasteiger partial charge in [-0.1, -0.05) is 12.1 Å². The number of carboxylic acid groups (broad SMARTS) is 1. The summed E-state index contributed by atoms with van der Waals surface area (Å²) in [6, 6.07) is 3.96. The van der Waals surface area contributed by atoms with Crippen molar-refractivity contribution in [2.45, 2.75) is 13.3 Å². The maximum absolute atomic E-state index is 10.4. The molecule has 0 unspecified atom stereocenters. The van der Waals surface area contributed by atoms with Crippen LogP contribution in [-0.4, -0.2) is 11.1 Å². The van der Waals surface area contributed by atoms with E-state index in [-0.39, 0.29) is 0 Å². The van der Waals surface area contributed by atoms with Gasteiger partial charge in [0.05, 0.1) is 0 Å². The van der Waals surface area contributed by atoms with Crippen LogP contribution in [-0.2, 0) is 11.2 Å². The second kappa shape index (κ2) is 4.07. The van der Waals surface area contributed by atoms with Crippen molar-refractivity contribution in [1.82, 2.24) is 0 Å². The van der Waals surface area contributed by atoms with E-state index in [2.05, 4.69) is 0 Å². The van der Waals surface area contributed by atoms with Crippen LogP contribution in [0.1, 0.15) is 11.8 Å². The van der Waals surface area contributed by atoms with E-state index in [1.54, 1.807) is 24.3 Å². The maximum Gasteiger partial charge on any atom is 0.330 e. The lowest BCUT2D eigenvalue weighted by Crippen LogP contribution is -1.96. The van der Waals surface area contributed by atoms with Crippen molar-refractivity contribution < 1.29 is 9.90 Å². The molecule has 1 rings (SSSR count). The van der Waals surface area contributed by atoms with Gasteiger partial charge in [-0.3, -0.25) is 0 Å². The SMILES string of the molecule is CC(=CCc1cccs1)C(=O)O. The summed E-state index contributed by atoms with van der Waals surface area (Å²) in [7, 11) is 0. The molecule has 1 N–H and O–H groups in total. The molecule has 0 aromatic carbocycles. The minimum absolute atomic E-state index is 0.406. The first-order valence-corrected chi connectivity index (χ1v) is 4.50. The van der Waals surface area contributed by atoms with Crippen LogP contribution in [0.3, 0.4) is 0 Å². The predicted octanol–water partition coefficient (Wildman–Crippen LogP) is 2.32. The van der Waals surface area contributed by atoms with Gasteiger partial charge in [-0.05, 0) is 18.4 Å². The molecule has 0 bridgehead atoms. The first-order chi connectivity index (χ1) is 5.70. The third kappa shape index (κ3) is 2.51. The molecule has 0 aliphatic carbocycles. The number of thiophene rings is 1. The molecule has 0 radical (unpaired) electrons. The predicted molar refractivity (Wildman–Crippen MR) is 49.4 cm³/mol. The number of rotatable bonds is 3. The second-order valence-electron chi connectivity index (χ2n) is 2.48. The lowest BCUT2D eigenvalue weighted by molar-refractivity contribution is -0.132. The number of carboxylic acids is 1. The maximum atomic E-state index is 10.4. The summed E-state index contributed by atoms with van der Waals surface area (Å²) < 4.78 is 0. The average Bonchev–Trinajstić information content (AvgIpc) is 2.51. The van der Waals surface area contributed by atoms with Gasteiger partial charge in [0.25, 0.3) is 0 Å². The standard InChI is InChI=1S/C9H10O2S/c1-7(9(10)11)4-5-8-3-2-6-12-8/h2-4,6H,5H2,1H3,(H,10,11). The van der Waals surface area contributed by atoms with E-state index in [0.717, 1.165) is 6.42 Å². The number of allylic oxidation sites excluding steroid dienone is 1. The summed E-state index contributed by atoms with van der Waals surface area (Å²) in [6.45, 7) is 1.61. The number of hydrogen-bond acceptors (Lipinski definition) is 2. The first kappa shape index (κ1) is 9.00. The molecule has 0 fully saturated rings. The normalized spacial score (nSPS) is 11.6. The van der Waals surface area contributed by atoms with Crippen LogP contribution in [0.5, 0.6) is 0 Å². The van der Waals surface area contributed by atoms with Crippen LogP contribution in [0.15, 0.2) is 29.2 Å². The van der Waals surface area contributed by atoms with E-state index in [1.165, 1.54) is 4.88 Å². The number of carbonyl (C=O) groups is 1. The summed E-state index contributed by atoms with van der Waals surface area (Å²) in [6.07, 6.45) is 2.45. The van der Waals surface area contributed by atoms with Gasteiger partial charge in [0.1, 0.15) is 0 Å². The van der Waals surface area contributed by atoms with E-state index in [0.29, 0.717) is 5.57 Å². The molecular weight excluding hydrogens is 172 g/mol. The molecule has 64 valence electrons. The molecule has 0 saturated carbocycles. The minimum atomic E-state index is -0.841. The van der Waals surface area contributed by atoms with Crippen molar-refractivity contribution in [3.05, 3.63) is 34.0 Å². The average molecular weight is 182 g/mol. The van der Waals surface area contributed by atoms with Gasteiger partial charge in [0, 0.05) is 16.9 Å². The fraction of sp³-hybridized carbons (Fsp3) is 0.222. The van der Waals surface area contributed by atoms with E-state index < -0.39 is 5.97 Å². The highest BCUT2D eigenvalue weighted by atomic mass is 32.1. The zero-order valence-electron chi connectivity index (χ0n) is 6.78. The Bertz CT molecular complexity index is 285. The smallest absolute Gasteiger partial charge is 0.330 e. The van der Waals surface area contributed by atoms with Crippen LogP contribution in [0.2, 0.25) is 0 Å². The molecule has 3 heteroatoms. The molecule has 0 aliphatic heterocycles. The Morgan fingerprint density at radius 3 is 3.00 bits per heavy atom. The lowest BCUT2D eigenvalue weighted by Gasteiger charge is -1.91. The summed E-state index contributed by atoms with van der Waals surface area (Å²) in [5, 5.41) is 10.5.